The minimum Gasteiger partial charge on any atom is -0.352 e. The van der Waals surface area contributed by atoms with Gasteiger partial charge in [-0.1, -0.05) is 0 Å². The minimum atomic E-state index is -0.327. The summed E-state index contributed by atoms with van der Waals surface area (Å²) in [5.41, 5.74) is 2.91. The summed E-state index contributed by atoms with van der Waals surface area (Å²) >= 11 is 6.18. The third kappa shape index (κ3) is 4.74. The van der Waals surface area contributed by atoms with E-state index < -0.39 is 0 Å². The highest BCUT2D eigenvalue weighted by atomic mass is 35.5. The highest BCUT2D eigenvalue weighted by molar-refractivity contribution is 6.29. The highest BCUT2D eigenvalue weighted by Crippen LogP contribution is 2.25. The molecule has 152 valence electrons. The molecule has 0 radical (unpaired) electrons. The Labute approximate surface area is 173 Å². The Morgan fingerprint density at radius 1 is 1.21 bits per heavy atom. The number of amides is 2. The van der Waals surface area contributed by atoms with Crippen LogP contribution in [0.3, 0.4) is 0 Å². The van der Waals surface area contributed by atoms with Crippen LogP contribution in [0.15, 0.2) is 36.4 Å². The second-order valence-corrected chi connectivity index (χ2v) is 7.40. The Balaban J connectivity index is 1.57. The SMILES string of the molecule is Cc1cc(NC(=O)CCNC(=O)c2ccc3c(c2)nc(Cl)n3C(C)C)ccc1F. The molecule has 0 saturated heterocycles. The Morgan fingerprint density at radius 3 is 2.66 bits per heavy atom. The first kappa shape index (κ1) is 20.8. The lowest BCUT2D eigenvalue weighted by Gasteiger charge is -2.10. The van der Waals surface area contributed by atoms with Gasteiger partial charge in [0.1, 0.15) is 5.82 Å². The maximum atomic E-state index is 13.3. The Kier molecular flexibility index (Phi) is 6.17. The van der Waals surface area contributed by atoms with Crippen LogP contribution >= 0.6 is 11.6 Å². The number of carbonyl (C=O) groups excluding carboxylic acids is 2. The smallest absolute Gasteiger partial charge is 0.251 e. The van der Waals surface area contributed by atoms with Crippen molar-refractivity contribution in [3.63, 3.8) is 0 Å². The van der Waals surface area contributed by atoms with E-state index in [1.165, 1.54) is 12.1 Å². The number of nitrogens with one attached hydrogen (secondary N) is 2. The van der Waals surface area contributed by atoms with E-state index >= 15 is 0 Å². The number of hydrogen-bond donors (Lipinski definition) is 2. The predicted molar refractivity (Wildman–Crippen MR) is 112 cm³/mol. The summed E-state index contributed by atoms with van der Waals surface area (Å²) in [5, 5.41) is 5.78. The van der Waals surface area contributed by atoms with E-state index in [0.29, 0.717) is 27.6 Å². The summed E-state index contributed by atoms with van der Waals surface area (Å²) in [7, 11) is 0. The maximum Gasteiger partial charge on any atom is 0.251 e. The van der Waals surface area contributed by atoms with Crippen LogP contribution in [0.1, 0.15) is 42.2 Å². The number of benzene rings is 2. The molecule has 0 spiro atoms. The van der Waals surface area contributed by atoms with Crippen molar-refractivity contribution < 1.29 is 14.0 Å². The van der Waals surface area contributed by atoms with Gasteiger partial charge in [0.2, 0.25) is 11.2 Å². The lowest BCUT2D eigenvalue weighted by Crippen LogP contribution is -2.27. The number of fused-ring (bicyclic) bond motifs is 1. The molecular formula is C21H22ClFN4O2. The van der Waals surface area contributed by atoms with Gasteiger partial charge >= 0.3 is 0 Å². The van der Waals surface area contributed by atoms with Crippen LogP contribution in [-0.2, 0) is 4.79 Å². The molecule has 1 heterocycles. The monoisotopic (exact) mass is 416 g/mol. The number of imidazole rings is 1. The molecule has 2 amide bonds. The first-order valence-corrected chi connectivity index (χ1v) is 9.65. The molecule has 0 saturated carbocycles. The van der Waals surface area contributed by atoms with Crippen molar-refractivity contribution in [3.05, 3.63) is 58.6 Å². The fourth-order valence-corrected chi connectivity index (χ4v) is 3.42. The number of nitrogens with zero attached hydrogens (tertiary/aromatic N) is 2. The first-order valence-electron chi connectivity index (χ1n) is 9.28. The van der Waals surface area contributed by atoms with Gasteiger partial charge in [-0.25, -0.2) is 9.37 Å². The van der Waals surface area contributed by atoms with Gasteiger partial charge in [0.15, 0.2) is 0 Å². The first-order chi connectivity index (χ1) is 13.8. The lowest BCUT2D eigenvalue weighted by atomic mass is 10.1. The van der Waals surface area contributed by atoms with Crippen LogP contribution in [0.5, 0.6) is 0 Å². The minimum absolute atomic E-state index is 0.0954. The maximum absolute atomic E-state index is 13.3. The van der Waals surface area contributed by atoms with Gasteiger partial charge in [-0.15, -0.1) is 0 Å². The van der Waals surface area contributed by atoms with Gasteiger partial charge < -0.3 is 15.2 Å². The largest absolute Gasteiger partial charge is 0.352 e. The number of anilines is 1. The molecule has 0 aliphatic carbocycles. The van der Waals surface area contributed by atoms with Crippen molar-refractivity contribution in [1.82, 2.24) is 14.9 Å². The van der Waals surface area contributed by atoms with E-state index in [0.717, 1.165) is 5.52 Å². The van der Waals surface area contributed by atoms with Gasteiger partial charge in [-0.05, 0) is 74.3 Å². The van der Waals surface area contributed by atoms with Gasteiger partial charge in [-0.2, -0.15) is 0 Å². The Bertz CT molecular complexity index is 1080. The average Bonchev–Trinajstić information content (AvgIpc) is 2.99. The van der Waals surface area contributed by atoms with Crippen molar-refractivity contribution >= 4 is 40.1 Å². The lowest BCUT2D eigenvalue weighted by molar-refractivity contribution is -0.116. The van der Waals surface area contributed by atoms with E-state index in [-0.39, 0.29) is 36.6 Å². The van der Waals surface area contributed by atoms with Gasteiger partial charge in [-0.3, -0.25) is 9.59 Å². The van der Waals surface area contributed by atoms with E-state index in [1.54, 1.807) is 25.1 Å². The number of aromatic nitrogens is 2. The number of rotatable bonds is 6. The van der Waals surface area contributed by atoms with Crippen molar-refractivity contribution in [2.24, 2.45) is 0 Å². The second-order valence-electron chi connectivity index (χ2n) is 7.07. The van der Waals surface area contributed by atoms with Crippen molar-refractivity contribution in [1.29, 1.82) is 0 Å². The zero-order chi connectivity index (χ0) is 21.1. The Morgan fingerprint density at radius 2 is 1.97 bits per heavy atom. The molecule has 8 heteroatoms. The van der Waals surface area contributed by atoms with E-state index in [2.05, 4.69) is 15.6 Å². The molecule has 0 atom stereocenters. The third-order valence-electron chi connectivity index (χ3n) is 4.50. The molecular weight excluding hydrogens is 395 g/mol. The standard InChI is InChI=1S/C21H22ClFN4O2/c1-12(2)27-18-7-4-14(11-17(18)26-21(27)22)20(29)24-9-8-19(28)25-15-5-6-16(23)13(3)10-15/h4-7,10-12H,8-9H2,1-3H3,(H,24,29)(H,25,28). The summed E-state index contributed by atoms with van der Waals surface area (Å²) in [4.78, 5) is 28.7. The number of halogens is 2. The van der Waals surface area contributed by atoms with Gasteiger partial charge in [0, 0.05) is 30.3 Å². The summed E-state index contributed by atoms with van der Waals surface area (Å²) in [6.07, 6.45) is 0.0954. The zero-order valence-electron chi connectivity index (χ0n) is 16.4. The van der Waals surface area contributed by atoms with E-state index in [9.17, 15) is 14.0 Å². The Hall–Kier alpha value is -2.93. The normalized spacial score (nSPS) is 11.1. The summed E-state index contributed by atoms with van der Waals surface area (Å²) in [5.74, 6) is -0.895. The highest BCUT2D eigenvalue weighted by Gasteiger charge is 2.14. The average molecular weight is 417 g/mol. The molecule has 6 nitrogen and oxygen atoms in total. The number of carbonyl (C=O) groups is 2. The van der Waals surface area contributed by atoms with Crippen molar-refractivity contribution in [2.75, 3.05) is 11.9 Å². The van der Waals surface area contributed by atoms with Crippen LogP contribution in [0.25, 0.3) is 11.0 Å². The molecule has 3 rings (SSSR count). The molecule has 2 N–H and O–H groups in total. The number of aryl methyl sites for hydroxylation is 1. The summed E-state index contributed by atoms with van der Waals surface area (Å²) in [6, 6.07) is 9.70. The molecule has 1 aromatic heterocycles. The van der Waals surface area contributed by atoms with Crippen LogP contribution in [0.4, 0.5) is 10.1 Å². The topological polar surface area (TPSA) is 76.0 Å². The molecule has 3 aromatic rings. The van der Waals surface area contributed by atoms with Gasteiger partial charge in [0.05, 0.1) is 11.0 Å². The number of hydrogen-bond acceptors (Lipinski definition) is 3. The molecule has 0 aliphatic rings. The quantitative estimate of drug-likeness (QED) is 0.622. The summed E-state index contributed by atoms with van der Waals surface area (Å²) < 4.78 is 15.2. The second kappa shape index (κ2) is 8.61. The van der Waals surface area contributed by atoms with E-state index in [1.807, 2.05) is 24.5 Å². The van der Waals surface area contributed by atoms with Gasteiger partial charge in [0.25, 0.3) is 5.91 Å². The molecule has 2 aromatic carbocycles. The molecule has 29 heavy (non-hydrogen) atoms. The zero-order valence-corrected chi connectivity index (χ0v) is 17.2. The summed E-state index contributed by atoms with van der Waals surface area (Å²) in [6.45, 7) is 5.81. The van der Waals surface area contributed by atoms with Crippen LogP contribution < -0.4 is 10.6 Å². The van der Waals surface area contributed by atoms with Crippen molar-refractivity contribution in [3.8, 4) is 0 Å². The van der Waals surface area contributed by atoms with Crippen LogP contribution in [0, 0.1) is 12.7 Å². The van der Waals surface area contributed by atoms with E-state index in [4.69, 9.17) is 11.6 Å². The third-order valence-corrected chi connectivity index (χ3v) is 4.77. The van der Waals surface area contributed by atoms with Crippen LogP contribution in [-0.4, -0.2) is 27.9 Å². The fourth-order valence-electron chi connectivity index (χ4n) is 3.04. The molecule has 0 unspecified atom stereocenters. The van der Waals surface area contributed by atoms with Crippen molar-refractivity contribution in [2.45, 2.75) is 33.2 Å². The molecule has 0 bridgehead atoms. The molecule has 0 fully saturated rings. The molecule has 0 aliphatic heterocycles. The van der Waals surface area contributed by atoms with Crippen LogP contribution in [0.2, 0.25) is 5.28 Å². The fraction of sp³-hybridized carbons (Fsp3) is 0.286. The predicted octanol–water partition coefficient (Wildman–Crippen LogP) is 4.48.